The first-order valence-electron chi connectivity index (χ1n) is 8.87. The maximum Gasteiger partial charge on any atom is 0.332 e. The third-order valence-corrected chi connectivity index (χ3v) is 4.24. The third kappa shape index (κ3) is 3.77. The molecule has 0 fully saturated rings. The van der Waals surface area contributed by atoms with Crippen LogP contribution in [0.3, 0.4) is 0 Å². The van der Waals surface area contributed by atoms with Crippen molar-refractivity contribution in [1.29, 1.82) is 0 Å². The number of rotatable bonds is 9. The summed E-state index contributed by atoms with van der Waals surface area (Å²) in [5, 5.41) is 9.51. The molecular weight excluding hydrogens is 308 g/mol. The van der Waals surface area contributed by atoms with E-state index in [1.807, 2.05) is 6.92 Å². The molecule has 0 saturated carbocycles. The molecule has 0 aromatic carbocycles. The lowest BCUT2D eigenvalue weighted by Crippen LogP contribution is -2.40. The predicted octanol–water partition coefficient (Wildman–Crippen LogP) is 1.73. The zero-order valence-electron chi connectivity index (χ0n) is 14.9. The number of nitrogens with zero attached hydrogens (tertiary/aromatic N) is 4. The Morgan fingerprint density at radius 3 is 2.29 bits per heavy atom. The van der Waals surface area contributed by atoms with Gasteiger partial charge in [-0.15, -0.1) is 0 Å². The molecule has 24 heavy (non-hydrogen) atoms. The average molecular weight is 336 g/mol. The van der Waals surface area contributed by atoms with Gasteiger partial charge in [-0.05, 0) is 26.2 Å². The van der Waals surface area contributed by atoms with Gasteiger partial charge in [-0.3, -0.25) is 13.9 Å². The quantitative estimate of drug-likeness (QED) is 0.756. The van der Waals surface area contributed by atoms with E-state index >= 15 is 0 Å². The van der Waals surface area contributed by atoms with Gasteiger partial charge in [0.2, 0.25) is 0 Å². The van der Waals surface area contributed by atoms with E-state index in [9.17, 15) is 14.7 Å². The van der Waals surface area contributed by atoms with Crippen molar-refractivity contribution in [3.8, 4) is 0 Å². The largest absolute Gasteiger partial charge is 0.393 e. The molecule has 2 aromatic heterocycles. The van der Waals surface area contributed by atoms with Crippen LogP contribution in [0.2, 0.25) is 0 Å². The summed E-state index contributed by atoms with van der Waals surface area (Å²) in [5.74, 6) is 0. The van der Waals surface area contributed by atoms with Gasteiger partial charge in [0.05, 0.1) is 12.4 Å². The lowest BCUT2D eigenvalue weighted by molar-refractivity contribution is 0.178. The highest BCUT2D eigenvalue weighted by atomic mass is 16.3. The highest BCUT2D eigenvalue weighted by molar-refractivity contribution is 5.70. The molecule has 134 valence electrons. The molecule has 0 radical (unpaired) electrons. The molecule has 1 atom stereocenters. The van der Waals surface area contributed by atoms with Gasteiger partial charge in [0.1, 0.15) is 0 Å². The predicted molar refractivity (Wildman–Crippen MR) is 94.4 cm³/mol. The van der Waals surface area contributed by atoms with Gasteiger partial charge in [-0.2, -0.15) is 0 Å². The van der Waals surface area contributed by atoms with Crippen molar-refractivity contribution < 1.29 is 5.11 Å². The molecule has 0 bridgehead atoms. The van der Waals surface area contributed by atoms with Gasteiger partial charge in [0.25, 0.3) is 5.56 Å². The minimum Gasteiger partial charge on any atom is -0.393 e. The number of fused-ring (bicyclic) bond motifs is 1. The number of imidazole rings is 1. The van der Waals surface area contributed by atoms with E-state index in [1.165, 1.54) is 4.57 Å². The van der Waals surface area contributed by atoms with Gasteiger partial charge in [-0.1, -0.05) is 26.7 Å². The number of hydrogen-bond donors (Lipinski definition) is 1. The van der Waals surface area contributed by atoms with E-state index in [0.717, 1.165) is 25.7 Å². The van der Waals surface area contributed by atoms with Crippen molar-refractivity contribution in [3.63, 3.8) is 0 Å². The molecule has 2 aromatic rings. The Labute approximate surface area is 141 Å². The minimum absolute atomic E-state index is 0.268. The standard InChI is InChI=1S/C17H28N4O3/c1-4-6-9-20-15-14(19(12-18-15)11-8-13(3)22)16(23)21(17(20)24)10-7-5-2/h12-13,22H,4-11H2,1-3H3/t13-/m0/s1. The number of aryl methyl sites for hydroxylation is 2. The maximum atomic E-state index is 12.8. The van der Waals surface area contributed by atoms with Gasteiger partial charge >= 0.3 is 5.69 Å². The van der Waals surface area contributed by atoms with E-state index in [-0.39, 0.29) is 11.2 Å². The van der Waals surface area contributed by atoms with E-state index in [1.54, 1.807) is 22.4 Å². The second-order valence-electron chi connectivity index (χ2n) is 6.35. The summed E-state index contributed by atoms with van der Waals surface area (Å²) in [5.41, 5.74) is 0.369. The van der Waals surface area contributed by atoms with E-state index in [4.69, 9.17) is 0 Å². The van der Waals surface area contributed by atoms with E-state index in [2.05, 4.69) is 11.9 Å². The van der Waals surface area contributed by atoms with Crippen LogP contribution in [-0.2, 0) is 19.6 Å². The van der Waals surface area contributed by atoms with E-state index in [0.29, 0.717) is 37.2 Å². The summed E-state index contributed by atoms with van der Waals surface area (Å²) >= 11 is 0. The van der Waals surface area contributed by atoms with Gasteiger partial charge in [0.15, 0.2) is 11.2 Å². The lowest BCUT2D eigenvalue weighted by atomic mass is 10.3. The van der Waals surface area contributed by atoms with Crippen molar-refractivity contribution in [2.45, 2.75) is 78.6 Å². The fourth-order valence-electron chi connectivity index (χ4n) is 2.77. The van der Waals surface area contributed by atoms with Crippen LogP contribution in [0.5, 0.6) is 0 Å². The summed E-state index contributed by atoms with van der Waals surface area (Å²) < 4.78 is 4.71. The van der Waals surface area contributed by atoms with Crippen LogP contribution in [0, 0.1) is 0 Å². The molecule has 0 aliphatic rings. The van der Waals surface area contributed by atoms with Crippen molar-refractivity contribution in [3.05, 3.63) is 27.2 Å². The Morgan fingerprint density at radius 2 is 1.71 bits per heavy atom. The molecule has 0 spiro atoms. The van der Waals surface area contributed by atoms with Crippen LogP contribution in [0.1, 0.15) is 52.9 Å². The summed E-state index contributed by atoms with van der Waals surface area (Å²) in [7, 11) is 0. The number of aromatic nitrogens is 4. The van der Waals surface area contributed by atoms with Crippen molar-refractivity contribution in [2.24, 2.45) is 0 Å². The molecule has 0 saturated heterocycles. The van der Waals surface area contributed by atoms with Crippen LogP contribution >= 0.6 is 0 Å². The first-order chi connectivity index (χ1) is 11.5. The Bertz CT molecular complexity index is 785. The lowest BCUT2D eigenvalue weighted by Gasteiger charge is -2.12. The van der Waals surface area contributed by atoms with Gasteiger partial charge < -0.3 is 9.67 Å². The summed E-state index contributed by atoms with van der Waals surface area (Å²) in [6.07, 6.45) is 5.22. The molecule has 2 heterocycles. The summed E-state index contributed by atoms with van der Waals surface area (Å²) in [4.78, 5) is 29.9. The number of aliphatic hydroxyl groups is 1. The minimum atomic E-state index is -0.448. The van der Waals surface area contributed by atoms with Crippen LogP contribution < -0.4 is 11.2 Å². The van der Waals surface area contributed by atoms with Crippen LogP contribution in [0.15, 0.2) is 15.9 Å². The molecule has 1 N–H and O–H groups in total. The normalized spacial score (nSPS) is 12.8. The highest BCUT2D eigenvalue weighted by Gasteiger charge is 2.17. The average Bonchev–Trinajstić information content (AvgIpc) is 2.97. The van der Waals surface area contributed by atoms with Gasteiger partial charge in [-0.25, -0.2) is 9.78 Å². The summed E-state index contributed by atoms with van der Waals surface area (Å²) in [6, 6.07) is 0. The Balaban J connectivity index is 2.61. The third-order valence-electron chi connectivity index (χ3n) is 4.24. The number of aliphatic hydroxyl groups excluding tert-OH is 1. The first-order valence-corrected chi connectivity index (χ1v) is 8.87. The Morgan fingerprint density at radius 1 is 1.08 bits per heavy atom. The first kappa shape index (κ1) is 18.4. The zero-order valence-corrected chi connectivity index (χ0v) is 14.9. The number of unbranched alkanes of at least 4 members (excludes halogenated alkanes) is 2. The monoisotopic (exact) mass is 336 g/mol. The fourth-order valence-corrected chi connectivity index (χ4v) is 2.77. The molecule has 0 aliphatic carbocycles. The van der Waals surface area contributed by atoms with Crippen LogP contribution in [0.25, 0.3) is 11.2 Å². The molecule has 7 heteroatoms. The van der Waals surface area contributed by atoms with Crippen molar-refractivity contribution in [1.82, 2.24) is 18.7 Å². The van der Waals surface area contributed by atoms with Crippen LogP contribution in [-0.4, -0.2) is 29.9 Å². The van der Waals surface area contributed by atoms with Crippen molar-refractivity contribution in [2.75, 3.05) is 0 Å². The second kappa shape index (κ2) is 8.28. The Hall–Kier alpha value is -1.89. The van der Waals surface area contributed by atoms with Gasteiger partial charge in [0, 0.05) is 19.6 Å². The van der Waals surface area contributed by atoms with Crippen molar-refractivity contribution >= 4 is 11.2 Å². The SMILES string of the molecule is CCCCn1c(=O)c2c(ncn2CC[C@H](C)O)n(CCCC)c1=O. The topological polar surface area (TPSA) is 82.0 Å². The zero-order chi connectivity index (χ0) is 17.7. The second-order valence-corrected chi connectivity index (χ2v) is 6.35. The molecule has 7 nitrogen and oxygen atoms in total. The van der Waals surface area contributed by atoms with E-state index < -0.39 is 6.10 Å². The molecular formula is C17H28N4O3. The van der Waals surface area contributed by atoms with Crippen LogP contribution in [0.4, 0.5) is 0 Å². The summed E-state index contributed by atoms with van der Waals surface area (Å²) in [6.45, 7) is 7.31. The molecule has 0 aliphatic heterocycles. The molecule has 0 amide bonds. The maximum absolute atomic E-state index is 12.8. The number of hydrogen-bond acceptors (Lipinski definition) is 4. The fraction of sp³-hybridized carbons (Fsp3) is 0.706. The Kier molecular flexibility index (Phi) is 6.36. The molecule has 2 rings (SSSR count). The smallest absolute Gasteiger partial charge is 0.332 e. The highest BCUT2D eigenvalue weighted by Crippen LogP contribution is 2.10. The molecule has 0 unspecified atom stereocenters.